The minimum absolute atomic E-state index is 0.573. The Balaban J connectivity index is 1.90. The molecule has 0 heteroatoms. The van der Waals surface area contributed by atoms with Gasteiger partial charge in [0.2, 0.25) is 0 Å². The van der Waals surface area contributed by atoms with E-state index in [0.29, 0.717) is 5.92 Å². The van der Waals surface area contributed by atoms with E-state index in [1.165, 1.54) is 53.1 Å². The maximum absolute atomic E-state index is 2.33. The number of benzene rings is 3. The maximum atomic E-state index is 2.33. The molecule has 1 aliphatic rings. The minimum atomic E-state index is 0.573. The Morgan fingerprint density at radius 3 is 2.50 bits per heavy atom. The Labute approximate surface area is 132 Å². The fourth-order valence-electron chi connectivity index (χ4n) is 4.01. The van der Waals surface area contributed by atoms with E-state index in [2.05, 4.69) is 67.6 Å². The second-order valence-corrected chi connectivity index (χ2v) is 6.38. The highest BCUT2D eigenvalue weighted by molar-refractivity contribution is 5.96. The van der Waals surface area contributed by atoms with E-state index in [-0.39, 0.29) is 0 Å². The molecule has 3 aromatic carbocycles. The lowest BCUT2D eigenvalue weighted by atomic mass is 9.88. The van der Waals surface area contributed by atoms with Crippen molar-refractivity contribution in [2.75, 3.05) is 0 Å². The molecule has 0 fully saturated rings. The highest BCUT2D eigenvalue weighted by Gasteiger charge is 2.29. The summed E-state index contributed by atoms with van der Waals surface area (Å²) in [5.74, 6) is 0.573. The Kier molecular flexibility index (Phi) is 3.46. The first-order chi connectivity index (χ1) is 10.9. The van der Waals surface area contributed by atoms with Gasteiger partial charge in [-0.05, 0) is 39.4 Å². The zero-order chi connectivity index (χ0) is 14.9. The van der Waals surface area contributed by atoms with E-state index >= 15 is 0 Å². The molecule has 0 saturated heterocycles. The van der Waals surface area contributed by atoms with Gasteiger partial charge >= 0.3 is 0 Å². The minimum Gasteiger partial charge on any atom is -0.0654 e. The molecule has 0 saturated carbocycles. The number of fused-ring (bicyclic) bond motifs is 5. The van der Waals surface area contributed by atoms with Crippen LogP contribution in [0.5, 0.6) is 0 Å². The average Bonchev–Trinajstić information content (AvgIpc) is 2.90. The number of rotatable bonds is 4. The Hall–Kier alpha value is -2.08. The Morgan fingerprint density at radius 2 is 1.59 bits per heavy atom. The van der Waals surface area contributed by atoms with Crippen molar-refractivity contribution < 1.29 is 0 Å². The quantitative estimate of drug-likeness (QED) is 0.478. The smallest absolute Gasteiger partial charge is 0.0108 e. The van der Waals surface area contributed by atoms with Crippen molar-refractivity contribution >= 4 is 10.8 Å². The summed E-state index contributed by atoms with van der Waals surface area (Å²) >= 11 is 0. The second kappa shape index (κ2) is 5.61. The van der Waals surface area contributed by atoms with Gasteiger partial charge in [0.05, 0.1) is 0 Å². The fourth-order valence-corrected chi connectivity index (χ4v) is 4.01. The van der Waals surface area contributed by atoms with Crippen molar-refractivity contribution in [3.05, 3.63) is 71.8 Å². The van der Waals surface area contributed by atoms with E-state index in [1.54, 1.807) is 5.56 Å². The summed E-state index contributed by atoms with van der Waals surface area (Å²) in [7, 11) is 0. The first kappa shape index (κ1) is 13.6. The zero-order valence-electron chi connectivity index (χ0n) is 13.2. The third-order valence-corrected chi connectivity index (χ3v) is 5.04. The second-order valence-electron chi connectivity index (χ2n) is 6.38. The van der Waals surface area contributed by atoms with Gasteiger partial charge in [-0.3, -0.25) is 0 Å². The van der Waals surface area contributed by atoms with E-state index in [1.807, 2.05) is 0 Å². The van der Waals surface area contributed by atoms with Crippen molar-refractivity contribution in [2.24, 2.45) is 0 Å². The van der Waals surface area contributed by atoms with Gasteiger partial charge < -0.3 is 0 Å². The highest BCUT2D eigenvalue weighted by Crippen LogP contribution is 2.49. The Morgan fingerprint density at radius 1 is 0.773 bits per heavy atom. The largest absolute Gasteiger partial charge is 0.0654 e. The molecule has 0 bridgehead atoms. The summed E-state index contributed by atoms with van der Waals surface area (Å²) in [6, 6.07) is 22.5. The summed E-state index contributed by atoms with van der Waals surface area (Å²) in [5.41, 5.74) is 6.00. The van der Waals surface area contributed by atoms with E-state index in [4.69, 9.17) is 0 Å². The molecule has 22 heavy (non-hydrogen) atoms. The van der Waals surface area contributed by atoms with Gasteiger partial charge in [0.25, 0.3) is 0 Å². The van der Waals surface area contributed by atoms with Crippen molar-refractivity contribution in [3.63, 3.8) is 0 Å². The summed E-state index contributed by atoms with van der Waals surface area (Å²) in [6.45, 7) is 2.28. The van der Waals surface area contributed by atoms with Crippen molar-refractivity contribution in [2.45, 2.75) is 38.5 Å². The van der Waals surface area contributed by atoms with Gasteiger partial charge in [-0.2, -0.15) is 0 Å². The van der Waals surface area contributed by atoms with Crippen LogP contribution in [0.1, 0.15) is 49.7 Å². The first-order valence-electron chi connectivity index (χ1n) is 8.51. The summed E-state index contributed by atoms with van der Waals surface area (Å²) < 4.78 is 0. The normalized spacial score (nSPS) is 15.8. The lowest BCUT2D eigenvalue weighted by molar-refractivity contribution is 0.627. The van der Waals surface area contributed by atoms with Crippen LogP contribution in [0, 0.1) is 0 Å². The molecule has 0 aromatic heterocycles. The molecule has 0 heterocycles. The third-order valence-electron chi connectivity index (χ3n) is 5.04. The van der Waals surface area contributed by atoms with E-state index < -0.39 is 0 Å². The predicted octanol–water partition coefficient (Wildman–Crippen LogP) is 6.53. The van der Waals surface area contributed by atoms with Crippen LogP contribution in [-0.2, 0) is 0 Å². The standard InChI is InChI=1S/C22H22/c1-2-3-4-13-20-18-11-7-8-12-19(18)21-15-14-16-9-5-6-10-17(16)22(20)21/h5-12,14-15,20H,2-4,13H2,1H3. The molecular formula is C22H22. The summed E-state index contributed by atoms with van der Waals surface area (Å²) in [6.07, 6.45) is 5.21. The molecule has 1 unspecified atom stereocenters. The van der Waals surface area contributed by atoms with Gasteiger partial charge in [-0.25, -0.2) is 0 Å². The van der Waals surface area contributed by atoms with Crippen LogP contribution in [0.25, 0.3) is 21.9 Å². The van der Waals surface area contributed by atoms with Crippen molar-refractivity contribution in [3.8, 4) is 11.1 Å². The lowest BCUT2D eigenvalue weighted by Gasteiger charge is -2.15. The topological polar surface area (TPSA) is 0 Å². The summed E-state index contributed by atoms with van der Waals surface area (Å²) in [4.78, 5) is 0. The molecule has 0 amide bonds. The van der Waals surface area contributed by atoms with E-state index in [9.17, 15) is 0 Å². The first-order valence-corrected chi connectivity index (χ1v) is 8.51. The predicted molar refractivity (Wildman–Crippen MR) is 95.4 cm³/mol. The number of unbranched alkanes of at least 4 members (excludes halogenated alkanes) is 2. The van der Waals surface area contributed by atoms with Gasteiger partial charge in [0.1, 0.15) is 0 Å². The number of hydrogen-bond acceptors (Lipinski definition) is 0. The molecule has 0 radical (unpaired) electrons. The molecule has 4 rings (SSSR count). The maximum Gasteiger partial charge on any atom is 0.0108 e. The van der Waals surface area contributed by atoms with Crippen LogP contribution in [0.2, 0.25) is 0 Å². The molecule has 1 atom stereocenters. The third kappa shape index (κ3) is 2.06. The fraction of sp³-hybridized carbons (Fsp3) is 0.273. The van der Waals surface area contributed by atoms with Crippen LogP contribution in [0.3, 0.4) is 0 Å². The van der Waals surface area contributed by atoms with Gasteiger partial charge in [0.15, 0.2) is 0 Å². The molecule has 0 spiro atoms. The molecule has 3 aromatic rings. The molecule has 0 nitrogen and oxygen atoms in total. The van der Waals surface area contributed by atoms with Crippen LogP contribution in [0.4, 0.5) is 0 Å². The molecule has 1 aliphatic carbocycles. The molecule has 0 aliphatic heterocycles. The Bertz CT molecular complexity index is 813. The van der Waals surface area contributed by atoms with Gasteiger partial charge in [0, 0.05) is 5.92 Å². The van der Waals surface area contributed by atoms with Crippen LogP contribution >= 0.6 is 0 Å². The highest BCUT2D eigenvalue weighted by atomic mass is 14.3. The van der Waals surface area contributed by atoms with Gasteiger partial charge in [-0.1, -0.05) is 86.8 Å². The molecular weight excluding hydrogens is 264 g/mol. The monoisotopic (exact) mass is 286 g/mol. The molecule has 0 N–H and O–H groups in total. The van der Waals surface area contributed by atoms with E-state index in [0.717, 1.165) is 0 Å². The van der Waals surface area contributed by atoms with Crippen molar-refractivity contribution in [1.82, 2.24) is 0 Å². The van der Waals surface area contributed by atoms with Crippen molar-refractivity contribution in [1.29, 1.82) is 0 Å². The number of hydrogen-bond donors (Lipinski definition) is 0. The van der Waals surface area contributed by atoms with Gasteiger partial charge in [-0.15, -0.1) is 0 Å². The lowest BCUT2D eigenvalue weighted by Crippen LogP contribution is -1.97. The van der Waals surface area contributed by atoms with Crippen LogP contribution < -0.4 is 0 Å². The zero-order valence-corrected chi connectivity index (χ0v) is 13.2. The van der Waals surface area contributed by atoms with Crippen LogP contribution in [-0.4, -0.2) is 0 Å². The van der Waals surface area contributed by atoms with Crippen LogP contribution in [0.15, 0.2) is 60.7 Å². The molecule has 110 valence electrons. The SMILES string of the molecule is CCCCCC1c2ccccc2-c2ccc3ccccc3c21. The summed E-state index contributed by atoms with van der Waals surface area (Å²) in [5, 5.41) is 2.81. The average molecular weight is 286 g/mol.